The number of rotatable bonds is 5. The lowest BCUT2D eigenvalue weighted by Crippen LogP contribution is -2.25. The predicted molar refractivity (Wildman–Crippen MR) is 75.4 cm³/mol. The number of hydrogen-bond acceptors (Lipinski definition) is 4. The summed E-state index contributed by atoms with van der Waals surface area (Å²) in [6.45, 7) is 0.330. The third-order valence-corrected chi connectivity index (χ3v) is 4.20. The Morgan fingerprint density at radius 3 is 2.86 bits per heavy atom. The number of hydrogen-bond donors (Lipinski definition) is 1. The van der Waals surface area contributed by atoms with Crippen LogP contribution in [0.2, 0.25) is 0 Å². The summed E-state index contributed by atoms with van der Waals surface area (Å²) in [7, 11) is 0. The molecule has 0 unspecified atom stereocenters. The molecular weight excluding hydrogens is 266 g/mol. The van der Waals surface area contributed by atoms with Crippen molar-refractivity contribution >= 4 is 5.91 Å². The van der Waals surface area contributed by atoms with Crippen LogP contribution in [-0.2, 0) is 11.3 Å². The Hall–Kier alpha value is -2.17. The normalized spacial score (nSPS) is 23.8. The van der Waals surface area contributed by atoms with Crippen molar-refractivity contribution in [3.63, 3.8) is 0 Å². The molecule has 1 aromatic carbocycles. The van der Waals surface area contributed by atoms with Crippen molar-refractivity contribution in [1.29, 1.82) is 0 Å². The van der Waals surface area contributed by atoms with Gasteiger partial charge in [0.1, 0.15) is 0 Å². The van der Waals surface area contributed by atoms with Crippen molar-refractivity contribution in [2.45, 2.75) is 37.6 Å². The smallest absolute Gasteiger partial charge is 0.246 e. The molecule has 1 aromatic heterocycles. The first-order valence-electron chi connectivity index (χ1n) is 7.46. The highest BCUT2D eigenvalue weighted by Crippen LogP contribution is 2.47. The standard InChI is InChI=1S/C16H17N3O2/c20-16(13-8-12(13)10-4-2-1-3-5-10)17-9-14-18-15(19-21-14)11-6-7-11/h1-5,11-13H,6-9H2,(H,17,20)/t12-,13+/m1/s1. The van der Waals surface area contributed by atoms with Gasteiger partial charge in [0.2, 0.25) is 11.8 Å². The van der Waals surface area contributed by atoms with E-state index < -0.39 is 0 Å². The summed E-state index contributed by atoms with van der Waals surface area (Å²) in [5.41, 5.74) is 1.24. The van der Waals surface area contributed by atoms with Gasteiger partial charge in [-0.25, -0.2) is 0 Å². The minimum Gasteiger partial charge on any atom is -0.347 e. The summed E-state index contributed by atoms with van der Waals surface area (Å²) in [4.78, 5) is 16.4. The molecule has 2 aromatic rings. The van der Waals surface area contributed by atoms with Crippen molar-refractivity contribution in [1.82, 2.24) is 15.5 Å². The molecule has 0 radical (unpaired) electrons. The lowest BCUT2D eigenvalue weighted by atomic mass is 10.1. The van der Waals surface area contributed by atoms with E-state index in [4.69, 9.17) is 4.52 Å². The van der Waals surface area contributed by atoms with Crippen LogP contribution in [-0.4, -0.2) is 16.0 Å². The molecule has 108 valence electrons. The molecule has 0 bridgehead atoms. The zero-order valence-corrected chi connectivity index (χ0v) is 11.7. The Labute approximate surface area is 122 Å². The summed E-state index contributed by atoms with van der Waals surface area (Å²) < 4.78 is 5.15. The molecule has 5 heteroatoms. The summed E-state index contributed by atoms with van der Waals surface area (Å²) >= 11 is 0. The summed E-state index contributed by atoms with van der Waals surface area (Å²) in [6, 6.07) is 10.2. The van der Waals surface area contributed by atoms with Crippen LogP contribution in [0.1, 0.15) is 48.4 Å². The monoisotopic (exact) mass is 283 g/mol. The minimum absolute atomic E-state index is 0.0787. The number of benzene rings is 1. The van der Waals surface area contributed by atoms with Gasteiger partial charge in [-0.2, -0.15) is 4.98 Å². The molecule has 1 amide bonds. The number of carbonyl (C=O) groups is 1. The van der Waals surface area contributed by atoms with Crippen LogP contribution < -0.4 is 5.32 Å². The fraction of sp³-hybridized carbons (Fsp3) is 0.438. The van der Waals surface area contributed by atoms with Gasteiger partial charge in [-0.3, -0.25) is 4.79 Å². The maximum Gasteiger partial charge on any atom is 0.246 e. The van der Waals surface area contributed by atoms with E-state index in [2.05, 4.69) is 27.6 Å². The third kappa shape index (κ3) is 2.68. The zero-order chi connectivity index (χ0) is 14.2. The second-order valence-corrected chi connectivity index (χ2v) is 5.90. The molecule has 2 aliphatic carbocycles. The molecule has 0 saturated heterocycles. The molecule has 2 aliphatic rings. The molecule has 2 fully saturated rings. The van der Waals surface area contributed by atoms with Gasteiger partial charge in [-0.15, -0.1) is 0 Å². The van der Waals surface area contributed by atoms with E-state index in [0.29, 0.717) is 24.3 Å². The maximum atomic E-state index is 12.1. The van der Waals surface area contributed by atoms with Gasteiger partial charge in [0.15, 0.2) is 5.82 Å². The Balaban J connectivity index is 1.30. The van der Waals surface area contributed by atoms with Gasteiger partial charge in [0.05, 0.1) is 6.54 Å². The van der Waals surface area contributed by atoms with Gasteiger partial charge in [0.25, 0.3) is 0 Å². The summed E-state index contributed by atoms with van der Waals surface area (Å²) in [6.07, 6.45) is 3.21. The lowest BCUT2D eigenvalue weighted by Gasteiger charge is -2.02. The maximum absolute atomic E-state index is 12.1. The van der Waals surface area contributed by atoms with Crippen LogP contribution in [0.5, 0.6) is 0 Å². The largest absolute Gasteiger partial charge is 0.347 e. The van der Waals surface area contributed by atoms with E-state index >= 15 is 0 Å². The van der Waals surface area contributed by atoms with Crippen LogP contribution in [0, 0.1) is 5.92 Å². The van der Waals surface area contributed by atoms with Gasteiger partial charge < -0.3 is 9.84 Å². The first-order valence-corrected chi connectivity index (χ1v) is 7.46. The van der Waals surface area contributed by atoms with E-state index in [1.54, 1.807) is 0 Å². The SMILES string of the molecule is O=C(NCc1nc(C2CC2)no1)[C@H]1C[C@@H]1c1ccccc1. The van der Waals surface area contributed by atoms with Crippen molar-refractivity contribution in [3.05, 3.63) is 47.6 Å². The van der Waals surface area contributed by atoms with Gasteiger partial charge in [-0.05, 0) is 30.7 Å². The number of amides is 1. The molecule has 1 N–H and O–H groups in total. The van der Waals surface area contributed by atoms with Gasteiger partial charge >= 0.3 is 0 Å². The molecule has 21 heavy (non-hydrogen) atoms. The van der Waals surface area contributed by atoms with E-state index in [-0.39, 0.29) is 11.8 Å². The lowest BCUT2D eigenvalue weighted by molar-refractivity contribution is -0.122. The number of aromatic nitrogens is 2. The van der Waals surface area contributed by atoms with Crippen LogP contribution in [0.4, 0.5) is 0 Å². The van der Waals surface area contributed by atoms with Crippen LogP contribution in [0.25, 0.3) is 0 Å². The minimum atomic E-state index is 0.0787. The van der Waals surface area contributed by atoms with Crippen molar-refractivity contribution < 1.29 is 9.32 Å². The highest BCUT2D eigenvalue weighted by atomic mass is 16.5. The van der Waals surface area contributed by atoms with Gasteiger partial charge in [-0.1, -0.05) is 35.5 Å². The van der Waals surface area contributed by atoms with Crippen molar-refractivity contribution in [3.8, 4) is 0 Å². The van der Waals surface area contributed by atoms with Gasteiger partial charge in [0, 0.05) is 11.8 Å². The third-order valence-electron chi connectivity index (χ3n) is 4.20. The zero-order valence-electron chi connectivity index (χ0n) is 11.7. The Kier molecular flexibility index (Phi) is 2.98. The van der Waals surface area contributed by atoms with E-state index in [0.717, 1.165) is 25.1 Å². The van der Waals surface area contributed by atoms with E-state index in [9.17, 15) is 4.79 Å². The fourth-order valence-electron chi connectivity index (χ4n) is 2.69. The quantitative estimate of drug-likeness (QED) is 0.914. The van der Waals surface area contributed by atoms with E-state index in [1.165, 1.54) is 5.56 Å². The molecule has 2 atom stereocenters. The summed E-state index contributed by atoms with van der Waals surface area (Å²) in [5.74, 6) is 2.28. The molecule has 2 saturated carbocycles. The predicted octanol–water partition coefficient (Wildman–Crippen LogP) is 2.37. The second kappa shape index (κ2) is 4.98. The Morgan fingerprint density at radius 2 is 2.10 bits per heavy atom. The molecule has 0 aliphatic heterocycles. The topological polar surface area (TPSA) is 68.0 Å². The Bertz CT molecular complexity index is 649. The molecule has 5 nitrogen and oxygen atoms in total. The highest BCUT2D eigenvalue weighted by molar-refractivity contribution is 5.82. The first-order chi connectivity index (χ1) is 10.3. The molecule has 1 heterocycles. The average molecular weight is 283 g/mol. The number of nitrogens with one attached hydrogen (secondary N) is 1. The second-order valence-electron chi connectivity index (χ2n) is 5.90. The molecular formula is C16H17N3O2. The Morgan fingerprint density at radius 1 is 1.29 bits per heavy atom. The van der Waals surface area contributed by atoms with Crippen LogP contribution in [0.15, 0.2) is 34.9 Å². The number of carbonyl (C=O) groups excluding carboxylic acids is 1. The molecule has 0 spiro atoms. The van der Waals surface area contributed by atoms with E-state index in [1.807, 2.05) is 18.2 Å². The van der Waals surface area contributed by atoms with Crippen molar-refractivity contribution in [2.75, 3.05) is 0 Å². The number of nitrogens with zero attached hydrogens (tertiary/aromatic N) is 2. The highest BCUT2D eigenvalue weighted by Gasteiger charge is 2.43. The first kappa shape index (κ1) is 12.6. The molecule has 4 rings (SSSR count). The summed E-state index contributed by atoms with van der Waals surface area (Å²) in [5, 5.41) is 6.84. The van der Waals surface area contributed by atoms with Crippen molar-refractivity contribution in [2.24, 2.45) is 5.92 Å². The average Bonchev–Trinajstić information content (AvgIpc) is 3.44. The van der Waals surface area contributed by atoms with Crippen LogP contribution >= 0.6 is 0 Å². The fourth-order valence-corrected chi connectivity index (χ4v) is 2.69. The van der Waals surface area contributed by atoms with Crippen LogP contribution in [0.3, 0.4) is 0 Å².